The number of rotatable bonds is 6. The maximum Gasteiger partial charge on any atom is 0.426 e. The van der Waals surface area contributed by atoms with E-state index in [2.05, 4.69) is 21.2 Å². The minimum absolute atomic E-state index is 0.282. The van der Waals surface area contributed by atoms with Gasteiger partial charge in [0.1, 0.15) is 0 Å². The lowest BCUT2D eigenvalue weighted by molar-refractivity contribution is -0.118. The second kappa shape index (κ2) is 9.48. The summed E-state index contributed by atoms with van der Waals surface area (Å²) >= 11 is 1.26. The van der Waals surface area contributed by atoms with Crippen LogP contribution in [0.1, 0.15) is 19.8 Å². The van der Waals surface area contributed by atoms with E-state index in [9.17, 15) is 14.4 Å². The van der Waals surface area contributed by atoms with Gasteiger partial charge in [-0.05, 0) is 6.42 Å². The average Bonchev–Trinajstić information content (AvgIpc) is 2.96. The van der Waals surface area contributed by atoms with Crippen LogP contribution in [0.4, 0.5) is 9.93 Å². The molecule has 3 amide bonds. The van der Waals surface area contributed by atoms with Gasteiger partial charge >= 0.3 is 6.09 Å². The van der Waals surface area contributed by atoms with E-state index >= 15 is 0 Å². The van der Waals surface area contributed by atoms with Crippen LogP contribution in [-0.2, 0) is 14.3 Å². The van der Waals surface area contributed by atoms with Gasteiger partial charge < -0.3 is 4.74 Å². The molecular weight excluding hydrogens is 296 g/mol. The Labute approximate surface area is 125 Å². The second-order valence-electron chi connectivity index (χ2n) is 3.76. The van der Waals surface area contributed by atoms with Crippen molar-refractivity contribution in [2.75, 3.05) is 11.9 Å². The third kappa shape index (κ3) is 7.67. The molecule has 0 radical (unpaired) electrons. The number of amides is 3. The monoisotopic (exact) mass is 312 g/mol. The number of unbranched alkanes of at least 4 members (excludes halogenated alkanes) is 1. The normalized spacial score (nSPS) is 10.1. The van der Waals surface area contributed by atoms with Crippen molar-refractivity contribution in [3.8, 4) is 0 Å². The number of carbonyl (C=O) groups excluding carboxylic acids is 3. The largest absolute Gasteiger partial charge is 0.448 e. The molecule has 1 aromatic rings. The lowest BCUT2D eigenvalue weighted by Crippen LogP contribution is -2.41. The van der Waals surface area contributed by atoms with E-state index in [0.717, 1.165) is 25.0 Å². The minimum Gasteiger partial charge on any atom is -0.448 e. The highest BCUT2D eigenvalue weighted by molar-refractivity contribution is 7.13. The lowest BCUT2D eigenvalue weighted by Gasteiger charge is -2.05. The average molecular weight is 312 g/mol. The molecule has 0 aromatic carbocycles. The van der Waals surface area contributed by atoms with Crippen LogP contribution in [0.2, 0.25) is 0 Å². The summed E-state index contributed by atoms with van der Waals surface area (Å²) in [6.45, 7) is 2.24. The van der Waals surface area contributed by atoms with Gasteiger partial charge in [-0.3, -0.25) is 20.3 Å². The third-order valence-corrected chi connectivity index (χ3v) is 2.76. The SMILES string of the molecule is CCCCOC(=O)NNC(=O)C=CC(=O)Nc1nccs1. The maximum absolute atomic E-state index is 11.4. The number of nitrogens with zero attached hydrogens (tertiary/aromatic N) is 1. The number of ether oxygens (including phenoxy) is 1. The first kappa shape index (κ1) is 16.6. The molecule has 0 fully saturated rings. The fourth-order valence-electron chi connectivity index (χ4n) is 1.08. The first-order chi connectivity index (χ1) is 10.1. The predicted molar refractivity (Wildman–Crippen MR) is 77.4 cm³/mol. The quantitative estimate of drug-likeness (QED) is 0.415. The highest BCUT2D eigenvalue weighted by Crippen LogP contribution is 2.09. The summed E-state index contributed by atoms with van der Waals surface area (Å²) in [5.41, 5.74) is 4.14. The summed E-state index contributed by atoms with van der Waals surface area (Å²) in [4.78, 5) is 37.7. The number of carbonyl (C=O) groups is 3. The van der Waals surface area contributed by atoms with E-state index in [0.29, 0.717) is 5.13 Å². The van der Waals surface area contributed by atoms with E-state index in [-0.39, 0.29) is 6.61 Å². The van der Waals surface area contributed by atoms with Crippen molar-refractivity contribution in [1.29, 1.82) is 0 Å². The van der Waals surface area contributed by atoms with Crippen molar-refractivity contribution in [3.63, 3.8) is 0 Å². The van der Waals surface area contributed by atoms with E-state index in [4.69, 9.17) is 4.74 Å². The van der Waals surface area contributed by atoms with E-state index < -0.39 is 17.9 Å². The molecule has 0 saturated heterocycles. The Hall–Kier alpha value is -2.42. The van der Waals surface area contributed by atoms with E-state index in [1.54, 1.807) is 11.6 Å². The van der Waals surface area contributed by atoms with Gasteiger partial charge in [-0.15, -0.1) is 11.3 Å². The van der Waals surface area contributed by atoms with Gasteiger partial charge in [0.05, 0.1) is 6.61 Å². The Morgan fingerprint density at radius 3 is 2.71 bits per heavy atom. The Morgan fingerprint density at radius 1 is 1.29 bits per heavy atom. The molecular formula is C12H16N4O4S. The zero-order valence-electron chi connectivity index (χ0n) is 11.4. The summed E-state index contributed by atoms with van der Waals surface area (Å²) in [6, 6.07) is 0. The van der Waals surface area contributed by atoms with Crippen LogP contribution in [0, 0.1) is 0 Å². The smallest absolute Gasteiger partial charge is 0.426 e. The summed E-state index contributed by atoms with van der Waals surface area (Å²) in [5, 5.41) is 4.61. The van der Waals surface area contributed by atoms with Crippen LogP contribution >= 0.6 is 11.3 Å². The molecule has 1 aromatic heterocycles. The molecule has 1 heterocycles. The number of anilines is 1. The van der Waals surface area contributed by atoms with E-state index in [1.807, 2.05) is 6.92 Å². The predicted octanol–water partition coefficient (Wildman–Crippen LogP) is 1.20. The molecule has 0 aliphatic carbocycles. The van der Waals surface area contributed by atoms with Crippen molar-refractivity contribution in [1.82, 2.24) is 15.8 Å². The Balaban J connectivity index is 2.21. The second-order valence-corrected chi connectivity index (χ2v) is 4.66. The highest BCUT2D eigenvalue weighted by atomic mass is 32.1. The molecule has 8 nitrogen and oxygen atoms in total. The number of aromatic nitrogens is 1. The number of thiazole rings is 1. The van der Waals surface area contributed by atoms with Gasteiger partial charge in [0.25, 0.3) is 5.91 Å². The van der Waals surface area contributed by atoms with Crippen molar-refractivity contribution >= 4 is 34.4 Å². The van der Waals surface area contributed by atoms with Gasteiger partial charge in [-0.25, -0.2) is 15.2 Å². The number of hydrogen-bond donors (Lipinski definition) is 3. The maximum atomic E-state index is 11.4. The van der Waals surface area contributed by atoms with Crippen molar-refractivity contribution in [2.45, 2.75) is 19.8 Å². The van der Waals surface area contributed by atoms with Crippen LogP contribution < -0.4 is 16.2 Å². The van der Waals surface area contributed by atoms with Crippen molar-refractivity contribution < 1.29 is 19.1 Å². The summed E-state index contributed by atoms with van der Waals surface area (Å²) in [5.74, 6) is -1.15. The standard InChI is InChI=1S/C12H16N4O4S/c1-2-3-7-20-12(19)16-15-10(18)5-4-9(17)14-11-13-6-8-21-11/h4-6,8H,2-3,7H2,1H3,(H,15,18)(H,16,19)(H,13,14,17). The first-order valence-corrected chi connectivity index (χ1v) is 7.11. The Morgan fingerprint density at radius 2 is 2.05 bits per heavy atom. The van der Waals surface area contributed by atoms with Gasteiger partial charge in [-0.1, -0.05) is 13.3 Å². The first-order valence-electron chi connectivity index (χ1n) is 6.23. The zero-order chi connectivity index (χ0) is 15.5. The topological polar surface area (TPSA) is 109 Å². The molecule has 0 bridgehead atoms. The summed E-state index contributed by atoms with van der Waals surface area (Å²) in [7, 11) is 0. The summed E-state index contributed by atoms with van der Waals surface area (Å²) < 4.78 is 4.75. The molecule has 0 spiro atoms. The van der Waals surface area contributed by atoms with Gasteiger partial charge in [0, 0.05) is 23.7 Å². The minimum atomic E-state index is -0.752. The van der Waals surface area contributed by atoms with Crippen molar-refractivity contribution in [2.24, 2.45) is 0 Å². The Bertz CT molecular complexity index is 501. The third-order valence-electron chi connectivity index (χ3n) is 2.07. The molecule has 0 aliphatic rings. The van der Waals surface area contributed by atoms with Crippen LogP contribution in [0.15, 0.2) is 23.7 Å². The molecule has 21 heavy (non-hydrogen) atoms. The highest BCUT2D eigenvalue weighted by Gasteiger charge is 2.04. The van der Waals surface area contributed by atoms with Crippen LogP contribution in [0.3, 0.4) is 0 Å². The van der Waals surface area contributed by atoms with E-state index in [1.165, 1.54) is 11.3 Å². The lowest BCUT2D eigenvalue weighted by atomic mass is 10.4. The fourth-order valence-corrected chi connectivity index (χ4v) is 1.62. The number of hydrogen-bond acceptors (Lipinski definition) is 6. The molecule has 0 atom stereocenters. The number of hydrazine groups is 1. The Kier molecular flexibility index (Phi) is 7.51. The molecule has 0 aliphatic heterocycles. The molecule has 3 N–H and O–H groups in total. The zero-order valence-corrected chi connectivity index (χ0v) is 12.2. The fraction of sp³-hybridized carbons (Fsp3) is 0.333. The van der Waals surface area contributed by atoms with Crippen LogP contribution in [0.25, 0.3) is 0 Å². The molecule has 0 unspecified atom stereocenters. The molecule has 1 rings (SSSR count). The van der Waals surface area contributed by atoms with Crippen LogP contribution in [-0.4, -0.2) is 29.5 Å². The van der Waals surface area contributed by atoms with Crippen molar-refractivity contribution in [3.05, 3.63) is 23.7 Å². The molecule has 114 valence electrons. The summed E-state index contributed by atoms with van der Waals surface area (Å²) in [6.07, 6.45) is 4.45. The van der Waals surface area contributed by atoms with Gasteiger partial charge in [-0.2, -0.15) is 0 Å². The van der Waals surface area contributed by atoms with Gasteiger partial charge in [0.2, 0.25) is 5.91 Å². The molecule has 0 saturated carbocycles. The molecule has 9 heteroatoms. The van der Waals surface area contributed by atoms with Gasteiger partial charge in [0.15, 0.2) is 5.13 Å². The number of nitrogens with one attached hydrogen (secondary N) is 3. The van der Waals surface area contributed by atoms with Crippen LogP contribution in [0.5, 0.6) is 0 Å².